The number of hydrogen-bond donors (Lipinski definition) is 1. The second-order valence-electron chi connectivity index (χ2n) is 4.00. The number of anilines is 1. The molecule has 2 aromatic carbocycles. The van der Waals surface area contributed by atoms with Crippen LogP contribution in [0.15, 0.2) is 41.9 Å². The molecular weight excluding hydrogens is 666 g/mol. The average Bonchev–Trinajstić information content (AvgIpc) is 2.38. The Balaban J connectivity index is 0.00000180. The van der Waals surface area contributed by atoms with E-state index < -0.39 is 7.05 Å². The molecule has 6 heteroatoms. The molecule has 0 saturated carbocycles. The Morgan fingerprint density at radius 2 is 2.10 bits per heavy atom. The molecule has 0 aliphatic carbocycles. The number of benzene rings is 2. The Bertz CT molecular complexity index is 568. The molecule has 0 aliphatic rings. The molecule has 0 atom stereocenters. The molecule has 0 radical (unpaired) electrons. The van der Waals surface area contributed by atoms with Gasteiger partial charge in [-0.1, -0.05) is 29.8 Å². The van der Waals surface area contributed by atoms with Crippen LogP contribution in [0.5, 0.6) is 0 Å². The minimum absolute atomic E-state index is 0. The molecule has 2 rings (SSSR count). The number of hydrogen-bond acceptors (Lipinski definition) is 2. The Hall–Kier alpha value is 0.295. The second-order valence-corrected chi connectivity index (χ2v) is 4.25. The summed E-state index contributed by atoms with van der Waals surface area (Å²) in [6, 6.07) is 16.2. The molecule has 1 N–H and O–H groups in total. The Morgan fingerprint density at radius 3 is 2.75 bits per heavy atom. The zero-order valence-electron chi connectivity index (χ0n) is 11.0. The van der Waals surface area contributed by atoms with Gasteiger partial charge in [0.2, 0.25) is 0 Å². The Kier molecular flexibility index (Phi) is 10.2. The van der Waals surface area contributed by atoms with E-state index in [2.05, 4.69) is 12.1 Å². The molecule has 20 heavy (non-hydrogen) atoms. The van der Waals surface area contributed by atoms with Crippen molar-refractivity contribution in [2.45, 2.75) is 6.82 Å². The monoisotopic (exact) mass is 679 g/mol. The summed E-state index contributed by atoms with van der Waals surface area (Å²) in [4.78, 5) is 1.77. The summed E-state index contributed by atoms with van der Waals surface area (Å²) in [5.74, 6) is 0. The van der Waals surface area contributed by atoms with Crippen molar-refractivity contribution in [3.05, 3.63) is 54.1 Å². The molecule has 0 spiro atoms. The second kappa shape index (κ2) is 10.1. The van der Waals surface area contributed by atoms with Gasteiger partial charge in [0.15, 0.2) is 0 Å². The van der Waals surface area contributed by atoms with E-state index in [1.165, 1.54) is 5.54 Å². The van der Waals surface area contributed by atoms with Crippen molar-refractivity contribution in [1.29, 1.82) is 0 Å². The molecule has 0 heterocycles. The topological polar surface area (TPSA) is 23.5 Å². The zero-order valence-corrected chi connectivity index (χ0v) is 18.9. The molecule has 0 aliphatic heterocycles. The van der Waals surface area contributed by atoms with Gasteiger partial charge in [0.05, 0.1) is 0 Å². The fraction of sp³-hybridized carbons (Fsp3) is 0.143. The summed E-state index contributed by atoms with van der Waals surface area (Å²) in [7, 11) is -0.619. The van der Waals surface area contributed by atoms with Crippen LogP contribution in [-0.2, 0) is 21.1 Å². The van der Waals surface area contributed by atoms with E-state index in [0.29, 0.717) is 6.54 Å². The first kappa shape index (κ1) is 20.3. The predicted octanol–water partition coefficient (Wildman–Crippen LogP) is 3.11. The molecular formula is C14H13BClNOUW-2. The quantitative estimate of drug-likeness (QED) is 0.397. The van der Waals surface area contributed by atoms with E-state index in [-0.39, 0.29) is 52.2 Å². The van der Waals surface area contributed by atoms with E-state index in [1.54, 1.807) is 17.7 Å². The van der Waals surface area contributed by atoms with Crippen molar-refractivity contribution < 1.29 is 57.2 Å². The largest absolute Gasteiger partial charge is 0.433 e. The van der Waals surface area contributed by atoms with E-state index >= 15 is 0 Å². The average molecular weight is 679 g/mol. The van der Waals surface area contributed by atoms with Crippen LogP contribution in [0.1, 0.15) is 0 Å². The maximum atomic E-state index is 9.77. The van der Waals surface area contributed by atoms with Gasteiger partial charge in [-0.2, -0.15) is 6.07 Å². The number of rotatable bonds is 4. The van der Waals surface area contributed by atoms with Crippen LogP contribution >= 0.6 is 11.6 Å². The van der Waals surface area contributed by atoms with Crippen LogP contribution in [0.3, 0.4) is 0 Å². The Labute approximate surface area is 163 Å². The van der Waals surface area contributed by atoms with Crippen molar-refractivity contribution in [3.63, 3.8) is 0 Å². The maximum Gasteiger partial charge on any atom is 0.406 e. The van der Waals surface area contributed by atoms with Gasteiger partial charge in [-0.25, -0.2) is 11.1 Å². The summed E-state index contributed by atoms with van der Waals surface area (Å²) in [6.07, 6.45) is 1.77. The Morgan fingerprint density at radius 1 is 1.40 bits per heavy atom. The molecule has 0 amide bonds. The van der Waals surface area contributed by atoms with Crippen LogP contribution in [0, 0.1) is 43.2 Å². The molecule has 2 aromatic rings. The molecule has 0 aromatic heterocycles. The molecule has 102 valence electrons. The molecule has 2 nitrogen and oxygen atoms in total. The van der Waals surface area contributed by atoms with Gasteiger partial charge in [0.25, 0.3) is 0 Å². The minimum Gasteiger partial charge on any atom is -0.433 e. The standard InChI is InChI=1S/C14H13BClNO.U.W/c1-15(18)17(10-4-9-16)14-8-7-12-5-2-3-6-13(12)11-14;;/h2-7,9,18H,10H2,1H3;;/q-2;;/b9-4+;;. The zero-order chi connectivity index (χ0) is 13.0. The summed E-state index contributed by atoms with van der Waals surface area (Å²) >= 11 is 5.52. The van der Waals surface area contributed by atoms with Crippen LogP contribution in [0.4, 0.5) is 5.69 Å². The van der Waals surface area contributed by atoms with Gasteiger partial charge >= 0.3 is 7.05 Å². The fourth-order valence-electron chi connectivity index (χ4n) is 1.79. The van der Waals surface area contributed by atoms with E-state index in [4.69, 9.17) is 11.6 Å². The number of halogens is 1. The third-order valence-corrected chi connectivity index (χ3v) is 2.89. The fourth-order valence-corrected chi connectivity index (χ4v) is 1.86. The molecule has 0 fully saturated rings. The predicted molar refractivity (Wildman–Crippen MR) is 77.8 cm³/mol. The smallest absolute Gasteiger partial charge is 0.406 e. The van der Waals surface area contributed by atoms with Crippen LogP contribution in [0.2, 0.25) is 6.82 Å². The first-order valence-electron chi connectivity index (χ1n) is 5.75. The van der Waals surface area contributed by atoms with Gasteiger partial charge in [-0.05, 0) is 6.82 Å². The molecule has 0 unspecified atom stereocenters. The first-order valence-corrected chi connectivity index (χ1v) is 6.18. The SMILES string of the molecule is CB(O)N(C/C=C/Cl)c1[c-]cc2ccccc2[c-]1.[U].[W]. The first-order chi connectivity index (χ1) is 8.72. The van der Waals surface area contributed by atoms with Gasteiger partial charge in [0, 0.05) is 64.3 Å². The van der Waals surface area contributed by atoms with Gasteiger partial charge < -0.3 is 22.0 Å². The van der Waals surface area contributed by atoms with Gasteiger partial charge in [-0.3, -0.25) is 11.5 Å². The van der Waals surface area contributed by atoms with E-state index in [9.17, 15) is 5.02 Å². The summed E-state index contributed by atoms with van der Waals surface area (Å²) < 4.78 is 0. The summed E-state index contributed by atoms with van der Waals surface area (Å²) in [6.45, 7) is 2.23. The van der Waals surface area contributed by atoms with Crippen molar-refractivity contribution >= 4 is 35.1 Å². The molecule has 0 saturated heterocycles. The minimum atomic E-state index is -0.619. The number of nitrogens with zero attached hydrogens (tertiary/aromatic N) is 1. The number of fused-ring (bicyclic) bond motifs is 1. The maximum absolute atomic E-state index is 9.77. The normalized spacial score (nSPS) is 9.95. The van der Waals surface area contributed by atoms with Gasteiger partial charge in [0.1, 0.15) is 0 Å². The van der Waals surface area contributed by atoms with Crippen molar-refractivity contribution in [1.82, 2.24) is 0 Å². The van der Waals surface area contributed by atoms with Crippen molar-refractivity contribution in [3.8, 4) is 0 Å². The van der Waals surface area contributed by atoms with Crippen LogP contribution in [0.25, 0.3) is 10.8 Å². The van der Waals surface area contributed by atoms with Crippen LogP contribution < -0.4 is 4.81 Å². The van der Waals surface area contributed by atoms with Crippen molar-refractivity contribution in [2.24, 2.45) is 0 Å². The van der Waals surface area contributed by atoms with E-state index in [0.717, 1.165) is 16.5 Å². The third kappa shape index (κ3) is 5.25. The third-order valence-electron chi connectivity index (χ3n) is 2.71. The van der Waals surface area contributed by atoms with Crippen molar-refractivity contribution in [2.75, 3.05) is 11.4 Å². The van der Waals surface area contributed by atoms with E-state index in [1.807, 2.05) is 30.3 Å². The summed E-state index contributed by atoms with van der Waals surface area (Å²) in [5.41, 5.74) is 2.18. The molecule has 0 bridgehead atoms. The summed E-state index contributed by atoms with van der Waals surface area (Å²) in [5, 5.41) is 11.9. The van der Waals surface area contributed by atoms with Crippen LogP contribution in [-0.4, -0.2) is 18.6 Å². The van der Waals surface area contributed by atoms with Gasteiger partial charge in [-0.15, -0.1) is 6.07 Å².